The molecule has 1 aliphatic heterocycles. The van der Waals surface area contributed by atoms with Crippen molar-refractivity contribution in [2.45, 2.75) is 25.9 Å². The highest BCUT2D eigenvalue weighted by atomic mass is 17.0. The molecule has 0 aromatic carbocycles. The van der Waals surface area contributed by atoms with Gasteiger partial charge in [0.2, 0.25) is 0 Å². The molecule has 0 saturated carbocycles. The Labute approximate surface area is 47.9 Å². The summed E-state index contributed by atoms with van der Waals surface area (Å²) in [6.45, 7) is 3.69. The number of nitrogens with one attached hydrogen (secondary N) is 1. The third kappa shape index (κ3) is 0.830. The summed E-state index contributed by atoms with van der Waals surface area (Å²) in [4.78, 5) is 4.41. The summed E-state index contributed by atoms with van der Waals surface area (Å²) in [5, 5.41) is 11.0. The maximum Gasteiger partial charge on any atom is 0.0478 e. The lowest BCUT2D eigenvalue weighted by atomic mass is 10.2. The van der Waals surface area contributed by atoms with Crippen molar-refractivity contribution in [2.75, 3.05) is 0 Å². The van der Waals surface area contributed by atoms with Gasteiger partial charge in [0, 0.05) is 12.1 Å². The van der Waals surface area contributed by atoms with Crippen LogP contribution in [0.25, 0.3) is 0 Å². The molecule has 0 amide bonds. The van der Waals surface area contributed by atoms with Gasteiger partial charge in [-0.3, -0.25) is 0 Å². The van der Waals surface area contributed by atoms with Gasteiger partial charge in [-0.25, -0.2) is 10.2 Å². The van der Waals surface area contributed by atoms with E-state index in [1.165, 1.54) is 0 Å². The fourth-order valence-corrected chi connectivity index (χ4v) is 0.499. The van der Waals surface area contributed by atoms with Gasteiger partial charge >= 0.3 is 0 Å². The smallest absolute Gasteiger partial charge is 0.0478 e. The second-order valence-electron chi connectivity index (χ2n) is 2.02. The zero-order valence-corrected chi connectivity index (χ0v) is 4.92. The molecule has 0 bridgehead atoms. The predicted molar refractivity (Wildman–Crippen MR) is 28.4 cm³/mol. The minimum atomic E-state index is -0.0741. The van der Waals surface area contributed by atoms with E-state index in [1.807, 2.05) is 6.92 Å². The Bertz CT molecular complexity index is 78.1. The van der Waals surface area contributed by atoms with Crippen LogP contribution in [0.1, 0.15) is 13.8 Å². The molecule has 4 nitrogen and oxygen atoms in total. The summed E-state index contributed by atoms with van der Waals surface area (Å²) < 4.78 is 0. The van der Waals surface area contributed by atoms with Crippen LogP contribution in [0, 0.1) is 5.21 Å². The van der Waals surface area contributed by atoms with Crippen molar-refractivity contribution in [2.24, 2.45) is 0 Å². The van der Waals surface area contributed by atoms with Crippen LogP contribution in [0.3, 0.4) is 0 Å². The molecule has 1 fully saturated rings. The molecule has 48 valence electrons. The Kier molecular flexibility index (Phi) is 1.48. The zero-order chi connectivity index (χ0) is 6.15. The van der Waals surface area contributed by atoms with E-state index in [1.54, 1.807) is 6.92 Å². The number of hydroxylamine groups is 3. The van der Waals surface area contributed by atoms with E-state index in [0.717, 1.165) is 0 Å². The summed E-state index contributed by atoms with van der Waals surface area (Å²) in [6.07, 6.45) is 0. The van der Waals surface area contributed by atoms with Crippen molar-refractivity contribution in [3.63, 3.8) is 0 Å². The lowest BCUT2D eigenvalue weighted by Crippen LogP contribution is -2.27. The predicted octanol–water partition coefficient (Wildman–Crippen LogP) is 0.0130. The van der Waals surface area contributed by atoms with E-state index >= 15 is 0 Å². The Morgan fingerprint density at radius 1 is 1.62 bits per heavy atom. The van der Waals surface area contributed by atoms with Crippen molar-refractivity contribution in [1.29, 1.82) is 0 Å². The summed E-state index contributed by atoms with van der Waals surface area (Å²) in [7, 11) is 0. The van der Waals surface area contributed by atoms with E-state index in [4.69, 9.17) is 0 Å². The molecule has 2 unspecified atom stereocenters. The third-order valence-electron chi connectivity index (χ3n) is 1.38. The Hall–Kier alpha value is -0.160. The lowest BCUT2D eigenvalue weighted by molar-refractivity contribution is -0.134. The van der Waals surface area contributed by atoms with Crippen molar-refractivity contribution in [3.8, 4) is 0 Å². The third-order valence-corrected chi connectivity index (χ3v) is 1.38. The van der Waals surface area contributed by atoms with Crippen molar-refractivity contribution in [3.05, 3.63) is 5.21 Å². The largest absolute Gasteiger partial charge is 0.760 e. The summed E-state index contributed by atoms with van der Waals surface area (Å²) in [5.74, 6) is 0. The van der Waals surface area contributed by atoms with Crippen LogP contribution < -0.4 is 5.48 Å². The highest BCUT2D eigenvalue weighted by Crippen LogP contribution is 2.08. The maximum absolute atomic E-state index is 10.4. The SMILES string of the molecule is CC1NON([O-])C1C. The molecule has 0 aromatic rings. The molecule has 1 rings (SSSR count). The van der Waals surface area contributed by atoms with E-state index in [0.29, 0.717) is 5.23 Å². The Morgan fingerprint density at radius 3 is 2.38 bits per heavy atom. The van der Waals surface area contributed by atoms with E-state index < -0.39 is 0 Å². The molecule has 0 spiro atoms. The van der Waals surface area contributed by atoms with Crippen LogP contribution >= 0.6 is 0 Å². The first-order chi connectivity index (χ1) is 3.72. The van der Waals surface area contributed by atoms with E-state index in [2.05, 4.69) is 10.4 Å². The first-order valence-electron chi connectivity index (χ1n) is 2.60. The average molecular weight is 117 g/mol. The number of rotatable bonds is 0. The van der Waals surface area contributed by atoms with E-state index in [9.17, 15) is 5.21 Å². The van der Waals surface area contributed by atoms with Gasteiger partial charge in [0.25, 0.3) is 0 Å². The molecular formula is C4H9N2O2-. The first-order valence-corrected chi connectivity index (χ1v) is 2.60. The molecule has 0 radical (unpaired) electrons. The van der Waals surface area contributed by atoms with Crippen LogP contribution in [0.5, 0.6) is 0 Å². The lowest BCUT2D eigenvalue weighted by Gasteiger charge is -2.22. The fraction of sp³-hybridized carbons (Fsp3) is 1.00. The maximum atomic E-state index is 10.4. The average Bonchev–Trinajstić information content (AvgIpc) is 1.98. The minimum Gasteiger partial charge on any atom is -0.760 e. The molecule has 4 heteroatoms. The first kappa shape index (κ1) is 5.97. The van der Waals surface area contributed by atoms with Crippen LogP contribution in [0.2, 0.25) is 0 Å². The van der Waals surface area contributed by atoms with Gasteiger partial charge in [-0.15, -0.1) is 0 Å². The molecule has 2 atom stereocenters. The molecule has 8 heavy (non-hydrogen) atoms. The summed E-state index contributed by atoms with van der Waals surface area (Å²) >= 11 is 0. The number of nitrogens with zero attached hydrogens (tertiary/aromatic N) is 1. The second-order valence-corrected chi connectivity index (χ2v) is 2.02. The number of hydrogen-bond donors (Lipinski definition) is 1. The van der Waals surface area contributed by atoms with Gasteiger partial charge in [-0.2, -0.15) is 5.48 Å². The molecule has 1 saturated heterocycles. The quantitative estimate of drug-likeness (QED) is 0.485. The normalized spacial score (nSPS) is 40.9. The fourth-order valence-electron chi connectivity index (χ4n) is 0.499. The van der Waals surface area contributed by atoms with Gasteiger partial charge in [-0.05, 0) is 13.8 Å². The molecule has 0 aromatic heterocycles. The Balaban J connectivity index is 2.44. The summed E-state index contributed by atoms with van der Waals surface area (Å²) in [6, 6.07) is 0.0579. The highest BCUT2D eigenvalue weighted by molar-refractivity contribution is 4.74. The van der Waals surface area contributed by atoms with Crippen LogP contribution in [-0.2, 0) is 4.94 Å². The van der Waals surface area contributed by atoms with Crippen molar-refractivity contribution in [1.82, 2.24) is 10.7 Å². The summed E-state index contributed by atoms with van der Waals surface area (Å²) in [5.41, 5.74) is 2.53. The van der Waals surface area contributed by atoms with E-state index in [-0.39, 0.29) is 12.1 Å². The van der Waals surface area contributed by atoms with Crippen molar-refractivity contribution < 1.29 is 4.94 Å². The topological polar surface area (TPSA) is 47.6 Å². The van der Waals surface area contributed by atoms with Crippen molar-refractivity contribution >= 4 is 0 Å². The van der Waals surface area contributed by atoms with Gasteiger partial charge in [0.1, 0.15) is 0 Å². The van der Waals surface area contributed by atoms with Crippen LogP contribution in [0.15, 0.2) is 0 Å². The van der Waals surface area contributed by atoms with Gasteiger partial charge in [0.15, 0.2) is 0 Å². The van der Waals surface area contributed by atoms with Gasteiger partial charge < -0.3 is 5.21 Å². The number of hydrogen-bond acceptors (Lipinski definition) is 4. The molecular weight excluding hydrogens is 108 g/mol. The zero-order valence-electron chi connectivity index (χ0n) is 4.92. The highest BCUT2D eigenvalue weighted by Gasteiger charge is 2.20. The molecule has 1 heterocycles. The Morgan fingerprint density at radius 2 is 2.25 bits per heavy atom. The van der Waals surface area contributed by atoms with Gasteiger partial charge in [0.05, 0.1) is 0 Å². The molecule has 0 aliphatic carbocycles. The standard InChI is InChI=1S/C4H9N2O2/c1-3-4(2)6(7)8-5-3/h3-5H,1-2H3/q-1. The minimum absolute atomic E-state index is 0.0741. The van der Waals surface area contributed by atoms with Gasteiger partial charge in [-0.1, -0.05) is 0 Å². The molecule has 1 N–H and O–H groups in total. The monoisotopic (exact) mass is 117 g/mol. The van der Waals surface area contributed by atoms with Crippen LogP contribution in [-0.4, -0.2) is 17.3 Å². The second kappa shape index (κ2) is 1.99. The van der Waals surface area contributed by atoms with Crippen LogP contribution in [0.4, 0.5) is 0 Å². The molecule has 1 aliphatic rings.